The predicted molar refractivity (Wildman–Crippen MR) is 76.0 cm³/mol. The van der Waals surface area contributed by atoms with Crippen LogP contribution in [-0.2, 0) is 4.74 Å². The van der Waals surface area contributed by atoms with Crippen LogP contribution in [0.2, 0.25) is 0 Å². The van der Waals surface area contributed by atoms with Crippen molar-refractivity contribution >= 4 is 12.0 Å². The van der Waals surface area contributed by atoms with Gasteiger partial charge in [-0.1, -0.05) is 6.92 Å². The minimum atomic E-state index is -0.427. The Balaban J connectivity index is 2.10. The molecule has 2 heterocycles. The zero-order chi connectivity index (χ0) is 14.4. The summed E-state index contributed by atoms with van der Waals surface area (Å²) in [5.41, 5.74) is 0.247. The van der Waals surface area contributed by atoms with E-state index in [1.807, 2.05) is 0 Å². The summed E-state index contributed by atoms with van der Waals surface area (Å²) in [5, 5.41) is 3.35. The first kappa shape index (κ1) is 14.8. The highest BCUT2D eigenvalue weighted by atomic mass is 16.5. The Kier molecular flexibility index (Phi) is 5.40. The first-order valence-corrected chi connectivity index (χ1v) is 7.36. The zero-order valence-electron chi connectivity index (χ0n) is 12.2. The molecule has 6 nitrogen and oxygen atoms in total. The first-order chi connectivity index (χ1) is 9.76. The van der Waals surface area contributed by atoms with Crippen molar-refractivity contribution in [2.24, 2.45) is 0 Å². The summed E-state index contributed by atoms with van der Waals surface area (Å²) >= 11 is 0. The van der Waals surface area contributed by atoms with E-state index in [1.165, 1.54) is 6.26 Å². The molecule has 1 aromatic heterocycles. The molecule has 0 atom stereocenters. The lowest BCUT2D eigenvalue weighted by atomic mass is 10.1. The molecular formula is C14H23N3O3. The molecule has 6 heteroatoms. The molecule has 0 unspecified atom stereocenters. The van der Waals surface area contributed by atoms with Crippen molar-refractivity contribution < 1.29 is 13.9 Å². The summed E-state index contributed by atoms with van der Waals surface area (Å²) in [6, 6.07) is 0.951. The van der Waals surface area contributed by atoms with E-state index in [-0.39, 0.29) is 5.69 Å². The van der Waals surface area contributed by atoms with Gasteiger partial charge in [-0.15, -0.1) is 0 Å². The van der Waals surface area contributed by atoms with Gasteiger partial charge in [0.1, 0.15) is 6.26 Å². The second-order valence-corrected chi connectivity index (χ2v) is 4.91. The van der Waals surface area contributed by atoms with Crippen molar-refractivity contribution in [2.45, 2.75) is 39.2 Å². The average molecular weight is 281 g/mol. The van der Waals surface area contributed by atoms with E-state index in [4.69, 9.17) is 9.15 Å². The Morgan fingerprint density at radius 2 is 2.25 bits per heavy atom. The topological polar surface area (TPSA) is 67.6 Å². The predicted octanol–water partition coefficient (Wildman–Crippen LogP) is 1.82. The quantitative estimate of drug-likeness (QED) is 0.802. The fourth-order valence-electron chi connectivity index (χ4n) is 2.49. The number of rotatable bonds is 6. The largest absolute Gasteiger partial charge is 0.461 e. The molecule has 1 N–H and O–H groups in total. The van der Waals surface area contributed by atoms with Gasteiger partial charge in [0.2, 0.25) is 0 Å². The fourth-order valence-corrected chi connectivity index (χ4v) is 2.49. The molecule has 0 saturated carbocycles. The van der Waals surface area contributed by atoms with Crippen LogP contribution in [0.25, 0.3) is 0 Å². The van der Waals surface area contributed by atoms with Gasteiger partial charge in [-0.2, -0.15) is 4.98 Å². The van der Waals surface area contributed by atoms with Crippen molar-refractivity contribution in [3.05, 3.63) is 12.0 Å². The molecule has 0 aromatic carbocycles. The molecule has 1 aliphatic rings. The molecule has 1 saturated heterocycles. The van der Waals surface area contributed by atoms with E-state index in [0.717, 1.165) is 38.9 Å². The summed E-state index contributed by atoms with van der Waals surface area (Å²) in [6.07, 6.45) is 4.53. The zero-order valence-corrected chi connectivity index (χ0v) is 12.2. The number of carbonyl (C=O) groups is 1. The molecule has 2 rings (SSSR count). The lowest BCUT2D eigenvalue weighted by Crippen LogP contribution is -2.43. The smallest absolute Gasteiger partial charge is 0.360 e. The van der Waals surface area contributed by atoms with Crippen molar-refractivity contribution in [2.75, 3.05) is 31.1 Å². The lowest BCUT2D eigenvalue weighted by Gasteiger charge is -2.33. The highest BCUT2D eigenvalue weighted by molar-refractivity contribution is 5.87. The van der Waals surface area contributed by atoms with Gasteiger partial charge in [0, 0.05) is 12.6 Å². The number of esters is 1. The highest BCUT2D eigenvalue weighted by Gasteiger charge is 2.25. The van der Waals surface area contributed by atoms with Gasteiger partial charge in [0.15, 0.2) is 5.69 Å². The van der Waals surface area contributed by atoms with E-state index in [1.54, 1.807) is 6.92 Å². The van der Waals surface area contributed by atoms with Crippen LogP contribution in [0.5, 0.6) is 0 Å². The molecule has 0 spiro atoms. The maximum Gasteiger partial charge on any atom is 0.360 e. The van der Waals surface area contributed by atoms with Crippen molar-refractivity contribution in [3.8, 4) is 0 Å². The number of nitrogens with zero attached hydrogens (tertiary/aromatic N) is 2. The van der Waals surface area contributed by atoms with Gasteiger partial charge in [0.05, 0.1) is 6.61 Å². The summed E-state index contributed by atoms with van der Waals surface area (Å²) in [7, 11) is 0. The van der Waals surface area contributed by atoms with E-state index >= 15 is 0 Å². The molecule has 0 aliphatic carbocycles. The third-order valence-corrected chi connectivity index (χ3v) is 3.44. The summed E-state index contributed by atoms with van der Waals surface area (Å²) in [6.45, 7) is 7.15. The van der Waals surface area contributed by atoms with Crippen molar-refractivity contribution in [1.82, 2.24) is 10.3 Å². The first-order valence-electron chi connectivity index (χ1n) is 7.36. The SMILES string of the molecule is CCCN(c1nc(C(=O)OCC)co1)C1CCNCC1. The molecule has 0 radical (unpaired) electrons. The summed E-state index contributed by atoms with van der Waals surface area (Å²) in [5.74, 6) is -0.427. The summed E-state index contributed by atoms with van der Waals surface area (Å²) < 4.78 is 10.4. The van der Waals surface area contributed by atoms with Crippen molar-refractivity contribution in [1.29, 1.82) is 0 Å². The number of aromatic nitrogens is 1. The lowest BCUT2D eigenvalue weighted by molar-refractivity contribution is 0.0519. The summed E-state index contributed by atoms with van der Waals surface area (Å²) in [4.78, 5) is 18.1. The normalized spacial score (nSPS) is 16.1. The standard InChI is InChI=1S/C14H23N3O3/c1-3-9-17(11-5-7-15-8-6-11)14-16-12(10-20-14)13(18)19-4-2/h10-11,15H,3-9H2,1-2H3. The number of carbonyl (C=O) groups excluding carboxylic acids is 1. The Labute approximate surface area is 119 Å². The molecule has 1 aliphatic heterocycles. The molecule has 112 valence electrons. The highest BCUT2D eigenvalue weighted by Crippen LogP contribution is 2.22. The minimum absolute atomic E-state index is 0.247. The minimum Gasteiger partial charge on any atom is -0.461 e. The van der Waals surface area contributed by atoms with Crippen LogP contribution in [0.3, 0.4) is 0 Å². The Hall–Kier alpha value is -1.56. The number of anilines is 1. The van der Waals surface area contributed by atoms with Gasteiger partial charge in [-0.3, -0.25) is 0 Å². The Morgan fingerprint density at radius 1 is 1.50 bits per heavy atom. The van der Waals surface area contributed by atoms with Gasteiger partial charge in [0.25, 0.3) is 6.01 Å². The van der Waals surface area contributed by atoms with Crippen LogP contribution in [0.4, 0.5) is 6.01 Å². The number of oxazole rings is 1. The number of ether oxygens (including phenoxy) is 1. The van der Waals surface area contributed by atoms with E-state index in [2.05, 4.69) is 22.1 Å². The molecular weight excluding hydrogens is 258 g/mol. The van der Waals surface area contributed by atoms with Crippen LogP contribution in [0.1, 0.15) is 43.6 Å². The third-order valence-electron chi connectivity index (χ3n) is 3.44. The van der Waals surface area contributed by atoms with E-state index in [0.29, 0.717) is 18.7 Å². The second kappa shape index (κ2) is 7.28. The van der Waals surface area contributed by atoms with Crippen LogP contribution in [0.15, 0.2) is 10.7 Å². The number of nitrogens with one attached hydrogen (secondary N) is 1. The van der Waals surface area contributed by atoms with Gasteiger partial charge in [-0.05, 0) is 39.3 Å². The molecule has 0 amide bonds. The van der Waals surface area contributed by atoms with Crippen LogP contribution in [-0.4, -0.2) is 43.2 Å². The van der Waals surface area contributed by atoms with Crippen molar-refractivity contribution in [3.63, 3.8) is 0 Å². The maximum absolute atomic E-state index is 11.6. The molecule has 0 bridgehead atoms. The molecule has 1 aromatic rings. The molecule has 1 fully saturated rings. The van der Waals surface area contributed by atoms with Crippen LogP contribution in [0, 0.1) is 0 Å². The monoisotopic (exact) mass is 281 g/mol. The Bertz CT molecular complexity index is 427. The number of hydrogen-bond acceptors (Lipinski definition) is 6. The second-order valence-electron chi connectivity index (χ2n) is 4.91. The van der Waals surface area contributed by atoms with Gasteiger partial charge in [-0.25, -0.2) is 4.79 Å². The van der Waals surface area contributed by atoms with Gasteiger partial charge >= 0.3 is 5.97 Å². The third kappa shape index (κ3) is 3.50. The van der Waals surface area contributed by atoms with Crippen LogP contribution < -0.4 is 10.2 Å². The van der Waals surface area contributed by atoms with E-state index < -0.39 is 5.97 Å². The fraction of sp³-hybridized carbons (Fsp3) is 0.714. The van der Waals surface area contributed by atoms with Crippen LogP contribution >= 0.6 is 0 Å². The molecule has 20 heavy (non-hydrogen) atoms. The van der Waals surface area contributed by atoms with Gasteiger partial charge < -0.3 is 19.4 Å². The number of hydrogen-bond donors (Lipinski definition) is 1. The average Bonchev–Trinajstić information content (AvgIpc) is 2.95. The number of piperidine rings is 1. The van der Waals surface area contributed by atoms with E-state index in [9.17, 15) is 4.79 Å². The maximum atomic E-state index is 11.6. The Morgan fingerprint density at radius 3 is 2.90 bits per heavy atom.